The summed E-state index contributed by atoms with van der Waals surface area (Å²) in [7, 11) is 0. The number of benzene rings is 1. The van der Waals surface area contributed by atoms with Gasteiger partial charge in [0.25, 0.3) is 5.91 Å². The Hall–Kier alpha value is -2.61. The van der Waals surface area contributed by atoms with Crippen molar-refractivity contribution in [2.75, 3.05) is 42.9 Å². The number of carbonyl (C=O) groups excluding carboxylic acids is 1. The Balaban J connectivity index is 1.64. The first-order valence-electron chi connectivity index (χ1n) is 11.2. The van der Waals surface area contributed by atoms with Gasteiger partial charge in [0.1, 0.15) is 0 Å². The van der Waals surface area contributed by atoms with Gasteiger partial charge >= 0.3 is 6.18 Å². The predicted octanol–water partition coefficient (Wildman–Crippen LogP) is 5.30. The molecule has 1 amide bonds. The second-order valence-corrected chi connectivity index (χ2v) is 8.15. The fourth-order valence-electron chi connectivity index (χ4n) is 4.12. The molecule has 0 aliphatic carbocycles. The highest BCUT2D eigenvalue weighted by molar-refractivity contribution is 6.05. The van der Waals surface area contributed by atoms with Crippen molar-refractivity contribution >= 4 is 17.4 Å². The van der Waals surface area contributed by atoms with Gasteiger partial charge in [0, 0.05) is 24.8 Å². The SMILES string of the molecule is CCN(CC)CCC1CCN(c2ncccc2NC(=O)c2cccc(C(F)(F)F)c2)CC1. The number of pyridine rings is 1. The molecule has 0 saturated carbocycles. The van der Waals surface area contributed by atoms with Gasteiger partial charge in [0.2, 0.25) is 0 Å². The van der Waals surface area contributed by atoms with Gasteiger partial charge < -0.3 is 15.1 Å². The fraction of sp³-hybridized carbons (Fsp3) is 0.500. The van der Waals surface area contributed by atoms with E-state index in [1.807, 2.05) is 0 Å². The summed E-state index contributed by atoms with van der Waals surface area (Å²) in [5, 5.41) is 2.75. The molecule has 3 rings (SSSR count). The second kappa shape index (κ2) is 10.8. The maximum Gasteiger partial charge on any atom is 0.416 e. The van der Waals surface area contributed by atoms with Crippen LogP contribution < -0.4 is 10.2 Å². The standard InChI is InChI=1S/C24H31F3N4O/c1-3-30(4-2)14-10-18-11-15-31(16-12-18)22-21(9-6-13-28-22)29-23(32)19-7-5-8-20(17-19)24(25,26)27/h5-9,13,17-18H,3-4,10-12,14-16H2,1-2H3,(H,29,32). The molecule has 0 atom stereocenters. The van der Waals surface area contributed by atoms with E-state index in [0.717, 1.165) is 57.7 Å². The third-order valence-electron chi connectivity index (χ3n) is 6.15. The molecule has 1 aliphatic heterocycles. The lowest BCUT2D eigenvalue weighted by molar-refractivity contribution is -0.137. The molecule has 2 heterocycles. The summed E-state index contributed by atoms with van der Waals surface area (Å²) in [6, 6.07) is 7.89. The zero-order valence-electron chi connectivity index (χ0n) is 18.7. The number of aromatic nitrogens is 1. The number of rotatable bonds is 8. The minimum absolute atomic E-state index is 0.0373. The van der Waals surface area contributed by atoms with Crippen molar-refractivity contribution in [2.24, 2.45) is 5.92 Å². The largest absolute Gasteiger partial charge is 0.416 e. The monoisotopic (exact) mass is 448 g/mol. The number of carbonyl (C=O) groups is 1. The van der Waals surface area contributed by atoms with Crippen LogP contribution in [0.4, 0.5) is 24.7 Å². The van der Waals surface area contributed by atoms with Crippen molar-refractivity contribution in [3.63, 3.8) is 0 Å². The highest BCUT2D eigenvalue weighted by Crippen LogP contribution is 2.31. The molecule has 32 heavy (non-hydrogen) atoms. The highest BCUT2D eigenvalue weighted by Gasteiger charge is 2.31. The molecule has 0 radical (unpaired) electrons. The maximum absolute atomic E-state index is 13.0. The van der Waals surface area contributed by atoms with Crippen molar-refractivity contribution < 1.29 is 18.0 Å². The number of hydrogen-bond donors (Lipinski definition) is 1. The third kappa shape index (κ3) is 6.22. The number of halogens is 3. The van der Waals surface area contributed by atoms with E-state index in [4.69, 9.17) is 0 Å². The Labute approximate surface area is 187 Å². The Morgan fingerprint density at radius 3 is 2.53 bits per heavy atom. The minimum Gasteiger partial charge on any atom is -0.355 e. The highest BCUT2D eigenvalue weighted by atomic mass is 19.4. The lowest BCUT2D eigenvalue weighted by Crippen LogP contribution is -2.36. The van der Waals surface area contributed by atoms with Crippen LogP contribution in [0.25, 0.3) is 0 Å². The van der Waals surface area contributed by atoms with Crippen LogP contribution >= 0.6 is 0 Å². The van der Waals surface area contributed by atoms with Gasteiger partial charge in [-0.05, 0) is 75.1 Å². The second-order valence-electron chi connectivity index (χ2n) is 8.15. The van der Waals surface area contributed by atoms with E-state index < -0.39 is 17.6 Å². The molecule has 1 aromatic carbocycles. The first kappa shape index (κ1) is 24.0. The van der Waals surface area contributed by atoms with Crippen LogP contribution in [-0.4, -0.2) is 48.5 Å². The van der Waals surface area contributed by atoms with Crippen molar-refractivity contribution in [1.29, 1.82) is 0 Å². The van der Waals surface area contributed by atoms with Gasteiger partial charge in [-0.1, -0.05) is 19.9 Å². The Kier molecular flexibility index (Phi) is 8.12. The molecule has 5 nitrogen and oxygen atoms in total. The number of amides is 1. The summed E-state index contributed by atoms with van der Waals surface area (Å²) >= 11 is 0. The Morgan fingerprint density at radius 1 is 1.16 bits per heavy atom. The van der Waals surface area contributed by atoms with Crippen LogP contribution in [0.3, 0.4) is 0 Å². The van der Waals surface area contributed by atoms with Crippen LogP contribution in [0.1, 0.15) is 49.0 Å². The predicted molar refractivity (Wildman–Crippen MR) is 121 cm³/mol. The lowest BCUT2D eigenvalue weighted by Gasteiger charge is -2.34. The van der Waals surface area contributed by atoms with Crippen LogP contribution in [0.2, 0.25) is 0 Å². The first-order chi connectivity index (χ1) is 15.3. The van der Waals surface area contributed by atoms with Crippen molar-refractivity contribution in [1.82, 2.24) is 9.88 Å². The zero-order chi connectivity index (χ0) is 23.1. The summed E-state index contributed by atoms with van der Waals surface area (Å²) < 4.78 is 39.0. The quantitative estimate of drug-likeness (QED) is 0.595. The third-order valence-corrected chi connectivity index (χ3v) is 6.15. The number of nitrogens with one attached hydrogen (secondary N) is 1. The molecule has 1 aromatic heterocycles. The molecule has 2 aromatic rings. The minimum atomic E-state index is -4.49. The van der Waals surface area contributed by atoms with Crippen LogP contribution in [0, 0.1) is 5.92 Å². The summed E-state index contributed by atoms with van der Waals surface area (Å²) in [5.74, 6) is 0.744. The van der Waals surface area contributed by atoms with Gasteiger partial charge in [0.15, 0.2) is 5.82 Å². The van der Waals surface area contributed by atoms with E-state index in [0.29, 0.717) is 17.4 Å². The number of hydrogen-bond acceptors (Lipinski definition) is 4. The van der Waals surface area contributed by atoms with Gasteiger partial charge in [-0.2, -0.15) is 13.2 Å². The topological polar surface area (TPSA) is 48.5 Å². The average molecular weight is 449 g/mol. The van der Waals surface area contributed by atoms with E-state index >= 15 is 0 Å². The van der Waals surface area contributed by atoms with Crippen molar-refractivity contribution in [3.05, 3.63) is 53.7 Å². The van der Waals surface area contributed by atoms with Crippen molar-refractivity contribution in [3.8, 4) is 0 Å². The summed E-state index contributed by atoms with van der Waals surface area (Å²) in [5.41, 5.74) is -0.371. The van der Waals surface area contributed by atoms with Gasteiger partial charge in [-0.25, -0.2) is 4.98 Å². The molecule has 174 valence electrons. The molecular formula is C24H31F3N4O. The summed E-state index contributed by atoms with van der Waals surface area (Å²) in [6.45, 7) is 9.29. The normalized spacial score (nSPS) is 15.2. The molecule has 0 unspecified atom stereocenters. The van der Waals surface area contributed by atoms with Gasteiger partial charge in [-0.15, -0.1) is 0 Å². The van der Waals surface area contributed by atoms with Crippen molar-refractivity contribution in [2.45, 2.75) is 39.3 Å². The molecule has 0 bridgehead atoms. The Bertz CT molecular complexity index is 891. The summed E-state index contributed by atoms with van der Waals surface area (Å²) in [4.78, 5) is 21.7. The zero-order valence-corrected chi connectivity index (χ0v) is 18.7. The molecule has 1 saturated heterocycles. The molecular weight excluding hydrogens is 417 g/mol. The maximum atomic E-state index is 13.0. The van der Waals surface area contributed by atoms with Crippen LogP contribution in [0.15, 0.2) is 42.6 Å². The molecule has 1 fully saturated rings. The molecule has 0 spiro atoms. The van der Waals surface area contributed by atoms with Crippen LogP contribution in [0.5, 0.6) is 0 Å². The molecule has 8 heteroatoms. The number of alkyl halides is 3. The fourth-order valence-corrected chi connectivity index (χ4v) is 4.12. The number of nitrogens with zero attached hydrogens (tertiary/aromatic N) is 3. The van der Waals surface area contributed by atoms with E-state index in [-0.39, 0.29) is 5.56 Å². The smallest absolute Gasteiger partial charge is 0.355 e. The van der Waals surface area contributed by atoms with E-state index in [1.165, 1.54) is 18.6 Å². The number of piperidine rings is 1. The summed E-state index contributed by atoms with van der Waals surface area (Å²) in [6.07, 6.45) is 0.460. The number of anilines is 2. The van der Waals surface area contributed by atoms with Crippen LogP contribution in [-0.2, 0) is 6.18 Å². The van der Waals surface area contributed by atoms with Gasteiger partial charge in [0.05, 0.1) is 11.3 Å². The van der Waals surface area contributed by atoms with E-state index in [1.54, 1.807) is 18.3 Å². The molecule has 1 N–H and O–H groups in total. The average Bonchev–Trinajstić information content (AvgIpc) is 2.80. The Morgan fingerprint density at radius 2 is 1.88 bits per heavy atom. The van der Waals surface area contributed by atoms with Gasteiger partial charge in [-0.3, -0.25) is 4.79 Å². The molecule has 1 aliphatic rings. The first-order valence-corrected chi connectivity index (χ1v) is 11.2. The van der Waals surface area contributed by atoms with E-state index in [9.17, 15) is 18.0 Å². The van der Waals surface area contributed by atoms with E-state index in [2.05, 4.69) is 33.9 Å². The lowest BCUT2D eigenvalue weighted by atomic mass is 9.93.